The van der Waals surface area contributed by atoms with Gasteiger partial charge in [0.05, 0.1) is 6.61 Å². The second-order valence-corrected chi connectivity index (χ2v) is 7.86. The Hall–Kier alpha value is -1.63. The molecule has 1 amide bonds. The molecule has 4 rings (SSSR count). The number of nitrogens with zero attached hydrogens (tertiary/aromatic N) is 2. The molecule has 2 saturated heterocycles. The number of rotatable bonds is 5. The Morgan fingerprint density at radius 2 is 2.04 bits per heavy atom. The Bertz CT molecular complexity index is 751. The normalized spacial score (nSPS) is 21.4. The van der Waals surface area contributed by atoms with E-state index in [0.29, 0.717) is 17.8 Å². The first-order valence-corrected chi connectivity index (χ1v) is 10.4. The third-order valence-electron chi connectivity index (χ3n) is 5.19. The fourth-order valence-corrected chi connectivity index (χ4v) is 4.66. The highest BCUT2D eigenvalue weighted by Crippen LogP contribution is 2.31. The van der Waals surface area contributed by atoms with Crippen molar-refractivity contribution < 1.29 is 9.53 Å². The molecule has 0 saturated carbocycles. The number of amides is 1. The van der Waals surface area contributed by atoms with E-state index in [2.05, 4.69) is 22.1 Å². The maximum absolute atomic E-state index is 13.1. The number of carbonyl (C=O) groups is 1. The minimum atomic E-state index is 0. The van der Waals surface area contributed by atoms with Crippen LogP contribution < -0.4 is 10.1 Å². The van der Waals surface area contributed by atoms with Gasteiger partial charge in [0.15, 0.2) is 0 Å². The number of hydrogen-bond donors (Lipinski definition) is 1. The van der Waals surface area contributed by atoms with Gasteiger partial charge in [-0.2, -0.15) is 0 Å². The highest BCUT2D eigenvalue weighted by molar-refractivity contribution is 7.13. The van der Waals surface area contributed by atoms with Crippen LogP contribution in [0.25, 0.3) is 10.6 Å². The Balaban J connectivity index is 0.00000210. The number of aromatic nitrogens is 1. The summed E-state index contributed by atoms with van der Waals surface area (Å²) in [5, 5.41) is 6.23. The summed E-state index contributed by atoms with van der Waals surface area (Å²) in [6.45, 7) is 4.72. The van der Waals surface area contributed by atoms with Crippen LogP contribution in [0.2, 0.25) is 0 Å². The van der Waals surface area contributed by atoms with E-state index < -0.39 is 0 Å². The first kappa shape index (κ1) is 20.1. The van der Waals surface area contributed by atoms with Crippen molar-refractivity contribution in [2.45, 2.75) is 44.7 Å². The van der Waals surface area contributed by atoms with Gasteiger partial charge in [-0.3, -0.25) is 4.79 Å². The number of carbonyl (C=O) groups excluding carboxylic acids is 1. The minimum Gasteiger partial charge on any atom is -0.494 e. The monoisotopic (exact) mass is 407 g/mol. The molecule has 3 heterocycles. The van der Waals surface area contributed by atoms with E-state index in [1.54, 1.807) is 0 Å². The van der Waals surface area contributed by atoms with Crippen LogP contribution in [-0.2, 0) is 0 Å². The van der Waals surface area contributed by atoms with Gasteiger partial charge in [-0.25, -0.2) is 4.98 Å². The molecule has 27 heavy (non-hydrogen) atoms. The van der Waals surface area contributed by atoms with Gasteiger partial charge in [0.1, 0.15) is 16.5 Å². The van der Waals surface area contributed by atoms with Crippen LogP contribution in [0, 0.1) is 0 Å². The zero-order valence-corrected chi connectivity index (χ0v) is 17.2. The van der Waals surface area contributed by atoms with Crippen LogP contribution in [-0.4, -0.2) is 47.6 Å². The molecule has 1 aromatic heterocycles. The van der Waals surface area contributed by atoms with Crippen molar-refractivity contribution in [3.05, 3.63) is 35.3 Å². The molecule has 2 aromatic rings. The summed E-state index contributed by atoms with van der Waals surface area (Å²) >= 11 is 1.53. The summed E-state index contributed by atoms with van der Waals surface area (Å²) in [6, 6.07) is 8.64. The van der Waals surface area contributed by atoms with Crippen molar-refractivity contribution >= 4 is 29.7 Å². The topological polar surface area (TPSA) is 54.5 Å². The van der Waals surface area contributed by atoms with Crippen molar-refractivity contribution in [1.82, 2.24) is 15.2 Å². The molecule has 2 fully saturated rings. The summed E-state index contributed by atoms with van der Waals surface area (Å²) in [5.41, 5.74) is 1.61. The molecule has 5 nitrogen and oxygen atoms in total. The average Bonchev–Trinajstić information content (AvgIpc) is 3.24. The van der Waals surface area contributed by atoms with Crippen molar-refractivity contribution in [3.8, 4) is 16.3 Å². The van der Waals surface area contributed by atoms with Gasteiger partial charge in [0.2, 0.25) is 0 Å². The maximum atomic E-state index is 13.1. The van der Waals surface area contributed by atoms with Gasteiger partial charge in [0, 0.05) is 29.6 Å². The third-order valence-corrected chi connectivity index (χ3v) is 6.08. The third kappa shape index (κ3) is 4.28. The summed E-state index contributed by atoms with van der Waals surface area (Å²) in [6.07, 6.45) is 4.25. The molecule has 0 spiro atoms. The largest absolute Gasteiger partial charge is 0.494 e. The van der Waals surface area contributed by atoms with Gasteiger partial charge in [-0.1, -0.05) is 6.92 Å². The summed E-state index contributed by atoms with van der Waals surface area (Å²) in [7, 11) is 0. The molecule has 0 radical (unpaired) electrons. The van der Waals surface area contributed by atoms with Crippen molar-refractivity contribution in [3.63, 3.8) is 0 Å². The summed E-state index contributed by atoms with van der Waals surface area (Å²) in [5.74, 6) is 0.962. The lowest BCUT2D eigenvalue weighted by Gasteiger charge is -2.27. The Morgan fingerprint density at radius 3 is 2.81 bits per heavy atom. The number of hydrogen-bond acceptors (Lipinski definition) is 5. The number of halogens is 1. The van der Waals surface area contributed by atoms with E-state index in [9.17, 15) is 4.79 Å². The second-order valence-electron chi connectivity index (χ2n) is 7.00. The van der Waals surface area contributed by atoms with Crippen LogP contribution in [0.1, 0.15) is 43.1 Å². The number of nitrogens with one attached hydrogen (secondary N) is 1. The first-order chi connectivity index (χ1) is 12.8. The summed E-state index contributed by atoms with van der Waals surface area (Å²) in [4.78, 5) is 19.8. The van der Waals surface area contributed by atoms with Crippen LogP contribution in [0.15, 0.2) is 29.6 Å². The Labute approximate surface area is 170 Å². The molecule has 1 N–H and O–H groups in total. The number of thiazole rings is 1. The molecular weight excluding hydrogens is 382 g/mol. The lowest BCUT2D eigenvalue weighted by Crippen LogP contribution is -2.42. The zero-order chi connectivity index (χ0) is 17.9. The van der Waals surface area contributed by atoms with Gasteiger partial charge >= 0.3 is 0 Å². The van der Waals surface area contributed by atoms with E-state index in [-0.39, 0.29) is 18.3 Å². The maximum Gasteiger partial charge on any atom is 0.273 e. The number of benzene rings is 1. The van der Waals surface area contributed by atoms with Crippen LogP contribution in [0.5, 0.6) is 5.75 Å². The lowest BCUT2D eigenvalue weighted by atomic mass is 10.1. The van der Waals surface area contributed by atoms with E-state index >= 15 is 0 Å². The molecule has 146 valence electrons. The molecule has 0 aliphatic carbocycles. The highest BCUT2D eigenvalue weighted by atomic mass is 35.5. The van der Waals surface area contributed by atoms with Gasteiger partial charge in [0.25, 0.3) is 5.91 Å². The zero-order valence-electron chi connectivity index (χ0n) is 15.5. The second kappa shape index (κ2) is 9.04. The molecule has 2 atom stereocenters. The smallest absolute Gasteiger partial charge is 0.273 e. The van der Waals surface area contributed by atoms with Crippen LogP contribution >= 0.6 is 23.7 Å². The standard InChI is InChI=1S/C20H25N3O2S.ClH/c1-2-11-25-17-7-3-14(4-8-17)19-22-18(13-26-19)20(24)23-15-5-6-16(23)12-21-10-9-15;/h3-4,7-8,13,15-16,21H,2,5-6,9-12H2,1H3;1H. The van der Waals surface area contributed by atoms with Gasteiger partial charge in [-0.05, 0) is 56.5 Å². The molecular formula is C20H26ClN3O2S. The lowest BCUT2D eigenvalue weighted by molar-refractivity contribution is 0.0675. The van der Waals surface area contributed by atoms with Crippen molar-refractivity contribution in [1.29, 1.82) is 0 Å². The van der Waals surface area contributed by atoms with E-state index in [0.717, 1.165) is 61.7 Å². The van der Waals surface area contributed by atoms with Crippen molar-refractivity contribution in [2.24, 2.45) is 0 Å². The highest BCUT2D eigenvalue weighted by Gasteiger charge is 2.39. The van der Waals surface area contributed by atoms with Gasteiger partial charge < -0.3 is 15.0 Å². The molecule has 1 aromatic carbocycles. The van der Waals surface area contributed by atoms with E-state index in [1.165, 1.54) is 11.3 Å². The minimum absolute atomic E-state index is 0. The average molecular weight is 408 g/mol. The molecule has 2 aliphatic heterocycles. The van der Waals surface area contributed by atoms with Crippen molar-refractivity contribution in [2.75, 3.05) is 19.7 Å². The van der Waals surface area contributed by atoms with E-state index in [1.807, 2.05) is 29.6 Å². The van der Waals surface area contributed by atoms with Gasteiger partial charge in [-0.15, -0.1) is 23.7 Å². The number of fused-ring (bicyclic) bond motifs is 2. The summed E-state index contributed by atoms with van der Waals surface area (Å²) < 4.78 is 5.63. The predicted octanol–water partition coefficient (Wildman–Crippen LogP) is 3.99. The first-order valence-electron chi connectivity index (χ1n) is 9.48. The molecule has 2 bridgehead atoms. The molecule has 2 unspecified atom stereocenters. The molecule has 2 aliphatic rings. The predicted molar refractivity (Wildman–Crippen MR) is 111 cm³/mol. The SMILES string of the molecule is CCCOc1ccc(-c2nc(C(=O)N3C4CCNCC3CC4)cs2)cc1.Cl. The Kier molecular flexibility index (Phi) is 6.73. The van der Waals surface area contributed by atoms with Crippen LogP contribution in [0.4, 0.5) is 0 Å². The fourth-order valence-electron chi connectivity index (χ4n) is 3.86. The fraction of sp³-hybridized carbons (Fsp3) is 0.500. The quantitative estimate of drug-likeness (QED) is 0.814. The molecule has 7 heteroatoms. The number of ether oxygens (including phenoxy) is 1. The van der Waals surface area contributed by atoms with Crippen LogP contribution in [0.3, 0.4) is 0 Å². The Morgan fingerprint density at radius 1 is 1.26 bits per heavy atom. The van der Waals surface area contributed by atoms with E-state index in [4.69, 9.17) is 4.74 Å².